The normalized spacial score (nSPS) is 16.8. The Morgan fingerprint density at radius 1 is 1.46 bits per heavy atom. The zero-order valence-electron chi connectivity index (χ0n) is 16.6. The van der Waals surface area contributed by atoms with Crippen LogP contribution in [0.1, 0.15) is 28.8 Å². The average Bonchev–Trinajstić information content (AvgIpc) is 3.37. The van der Waals surface area contributed by atoms with Crippen LogP contribution in [-0.2, 0) is 13.0 Å². The molecule has 1 aliphatic heterocycles. The van der Waals surface area contributed by atoms with Gasteiger partial charge in [0.25, 0.3) is 5.91 Å². The third-order valence-electron chi connectivity index (χ3n) is 5.22. The molecule has 3 rings (SSSR count). The molecule has 28 heavy (non-hydrogen) atoms. The van der Waals surface area contributed by atoms with Gasteiger partial charge >= 0.3 is 0 Å². The van der Waals surface area contributed by atoms with Crippen molar-refractivity contribution in [2.24, 2.45) is 5.92 Å². The van der Waals surface area contributed by atoms with Crippen molar-refractivity contribution < 1.29 is 9.53 Å². The number of ether oxygens (including phenoxy) is 1. The largest absolute Gasteiger partial charge is 0.496 e. The average molecular weight is 383 g/mol. The number of aromatic nitrogens is 2. The second kappa shape index (κ2) is 10.1. The molecule has 0 aliphatic carbocycles. The van der Waals surface area contributed by atoms with Gasteiger partial charge in [0.1, 0.15) is 5.75 Å². The minimum atomic E-state index is -0.0379. The fourth-order valence-electron chi connectivity index (χ4n) is 3.80. The Labute approximate surface area is 167 Å². The first kappa shape index (κ1) is 20.1. The molecule has 1 fully saturated rings. The van der Waals surface area contributed by atoms with Crippen LogP contribution >= 0.6 is 0 Å². The van der Waals surface area contributed by atoms with Gasteiger partial charge in [-0.25, -0.2) is 0 Å². The number of aryl methyl sites for hydroxylation is 1. The number of rotatable bonds is 10. The predicted molar refractivity (Wildman–Crippen MR) is 111 cm³/mol. The van der Waals surface area contributed by atoms with Crippen LogP contribution in [0.2, 0.25) is 0 Å². The number of likely N-dealkylation sites (tertiary alicyclic amines) is 1. The zero-order valence-corrected chi connectivity index (χ0v) is 16.6. The van der Waals surface area contributed by atoms with Crippen LogP contribution in [0.3, 0.4) is 0 Å². The highest BCUT2D eigenvalue weighted by Gasteiger charge is 2.23. The molecule has 0 saturated carbocycles. The maximum atomic E-state index is 12.5. The fourth-order valence-corrected chi connectivity index (χ4v) is 3.80. The molecular formula is C22H30N4O2. The molecule has 0 bridgehead atoms. The van der Waals surface area contributed by atoms with Crippen LogP contribution in [0.4, 0.5) is 0 Å². The van der Waals surface area contributed by atoms with Gasteiger partial charge in [-0.05, 0) is 61.6 Å². The van der Waals surface area contributed by atoms with Crippen molar-refractivity contribution in [2.45, 2.75) is 25.8 Å². The summed E-state index contributed by atoms with van der Waals surface area (Å²) in [7, 11) is 1.69. The number of nitrogens with one attached hydrogen (secondary N) is 1. The lowest BCUT2D eigenvalue weighted by molar-refractivity contribution is 0.0952. The number of nitrogens with zero attached hydrogens (tertiary/aromatic N) is 3. The maximum absolute atomic E-state index is 12.5. The number of carbonyl (C=O) groups excluding carboxylic acids is 1. The van der Waals surface area contributed by atoms with E-state index in [4.69, 9.17) is 4.74 Å². The van der Waals surface area contributed by atoms with E-state index in [1.54, 1.807) is 13.3 Å². The van der Waals surface area contributed by atoms with Crippen LogP contribution in [0.5, 0.6) is 5.75 Å². The summed E-state index contributed by atoms with van der Waals surface area (Å²) < 4.78 is 7.40. The molecule has 150 valence electrons. The molecule has 0 radical (unpaired) electrons. The van der Waals surface area contributed by atoms with Crippen molar-refractivity contribution in [1.29, 1.82) is 0 Å². The molecule has 6 heteroatoms. The topological polar surface area (TPSA) is 59.4 Å². The molecule has 1 aromatic carbocycles. The molecular weight excluding hydrogens is 352 g/mol. The number of benzene rings is 1. The quantitative estimate of drug-likeness (QED) is 0.507. The third-order valence-corrected chi connectivity index (χ3v) is 5.22. The summed E-state index contributed by atoms with van der Waals surface area (Å²) in [5, 5.41) is 7.17. The van der Waals surface area contributed by atoms with E-state index in [0.717, 1.165) is 50.3 Å². The zero-order chi connectivity index (χ0) is 19.8. The highest BCUT2D eigenvalue weighted by Crippen LogP contribution is 2.27. The van der Waals surface area contributed by atoms with Crippen LogP contribution in [0.25, 0.3) is 0 Å². The van der Waals surface area contributed by atoms with Gasteiger partial charge in [0.05, 0.1) is 7.11 Å². The highest BCUT2D eigenvalue weighted by molar-refractivity contribution is 5.94. The molecule has 6 nitrogen and oxygen atoms in total. The minimum absolute atomic E-state index is 0.0379. The monoisotopic (exact) mass is 382 g/mol. The lowest BCUT2D eigenvalue weighted by atomic mass is 9.96. The first-order valence-electron chi connectivity index (χ1n) is 9.95. The Kier molecular flexibility index (Phi) is 7.25. The summed E-state index contributed by atoms with van der Waals surface area (Å²) in [5.74, 6) is 1.41. The van der Waals surface area contributed by atoms with Gasteiger partial charge < -0.3 is 10.1 Å². The van der Waals surface area contributed by atoms with E-state index in [1.165, 1.54) is 6.42 Å². The number of hydrogen-bond donors (Lipinski definition) is 1. The van der Waals surface area contributed by atoms with E-state index in [9.17, 15) is 4.79 Å². The van der Waals surface area contributed by atoms with Crippen molar-refractivity contribution >= 4 is 5.91 Å². The molecule has 1 aromatic heterocycles. The third kappa shape index (κ3) is 5.45. The molecule has 0 spiro atoms. The van der Waals surface area contributed by atoms with Gasteiger partial charge in [-0.3, -0.25) is 14.4 Å². The molecule has 1 amide bonds. The molecule has 1 N–H and O–H groups in total. The Morgan fingerprint density at radius 2 is 2.36 bits per heavy atom. The molecule has 1 saturated heterocycles. The Bertz CT molecular complexity index is 773. The van der Waals surface area contributed by atoms with Crippen LogP contribution in [0.15, 0.2) is 49.3 Å². The second-order valence-corrected chi connectivity index (χ2v) is 7.31. The van der Waals surface area contributed by atoms with Crippen molar-refractivity contribution in [1.82, 2.24) is 20.0 Å². The highest BCUT2D eigenvalue weighted by atomic mass is 16.5. The van der Waals surface area contributed by atoms with Gasteiger partial charge in [-0.15, -0.1) is 6.58 Å². The maximum Gasteiger partial charge on any atom is 0.251 e. The summed E-state index contributed by atoms with van der Waals surface area (Å²) in [6.45, 7) is 8.36. The summed E-state index contributed by atoms with van der Waals surface area (Å²) in [4.78, 5) is 15.0. The SMILES string of the molecule is C=CCN1CCC(Cc2cc(C(=O)NCCCn3cccn3)ccc2OC)C1. The van der Waals surface area contributed by atoms with Crippen molar-refractivity contribution in [2.75, 3.05) is 33.3 Å². The van der Waals surface area contributed by atoms with Crippen LogP contribution in [0, 0.1) is 5.92 Å². The van der Waals surface area contributed by atoms with E-state index in [-0.39, 0.29) is 5.91 Å². The molecule has 1 atom stereocenters. The Morgan fingerprint density at radius 3 is 3.11 bits per heavy atom. The molecule has 2 heterocycles. The lowest BCUT2D eigenvalue weighted by Crippen LogP contribution is -2.25. The molecule has 1 aliphatic rings. The number of methoxy groups -OCH3 is 1. The van der Waals surface area contributed by atoms with Crippen molar-refractivity contribution in [3.05, 3.63) is 60.4 Å². The number of hydrogen-bond acceptors (Lipinski definition) is 4. The summed E-state index contributed by atoms with van der Waals surface area (Å²) in [5.41, 5.74) is 1.80. The van der Waals surface area contributed by atoms with Crippen LogP contribution in [-0.4, -0.2) is 53.9 Å². The van der Waals surface area contributed by atoms with E-state index in [0.29, 0.717) is 18.0 Å². The van der Waals surface area contributed by atoms with E-state index < -0.39 is 0 Å². The van der Waals surface area contributed by atoms with Gasteiger partial charge in [-0.1, -0.05) is 6.08 Å². The van der Waals surface area contributed by atoms with Crippen molar-refractivity contribution in [3.63, 3.8) is 0 Å². The van der Waals surface area contributed by atoms with E-state index >= 15 is 0 Å². The summed E-state index contributed by atoms with van der Waals surface area (Å²) in [6.07, 6.45) is 8.59. The fraction of sp³-hybridized carbons (Fsp3) is 0.455. The summed E-state index contributed by atoms with van der Waals surface area (Å²) in [6, 6.07) is 7.63. The van der Waals surface area contributed by atoms with E-state index in [1.807, 2.05) is 41.2 Å². The smallest absolute Gasteiger partial charge is 0.251 e. The molecule has 2 aromatic rings. The Hall–Kier alpha value is -2.60. The molecule has 1 unspecified atom stereocenters. The first-order chi connectivity index (χ1) is 13.7. The number of carbonyl (C=O) groups is 1. The van der Waals surface area contributed by atoms with Gasteiger partial charge in [0.2, 0.25) is 0 Å². The predicted octanol–water partition coefficient (Wildman–Crippen LogP) is 2.76. The van der Waals surface area contributed by atoms with Crippen LogP contribution < -0.4 is 10.1 Å². The number of amides is 1. The van der Waals surface area contributed by atoms with Gasteiger partial charge in [-0.2, -0.15) is 5.10 Å². The minimum Gasteiger partial charge on any atom is -0.496 e. The summed E-state index contributed by atoms with van der Waals surface area (Å²) >= 11 is 0. The van der Waals surface area contributed by atoms with Gasteiger partial charge in [0, 0.05) is 44.1 Å². The lowest BCUT2D eigenvalue weighted by Gasteiger charge is -2.16. The van der Waals surface area contributed by atoms with Crippen molar-refractivity contribution in [3.8, 4) is 5.75 Å². The standard InChI is InChI=1S/C22H30N4O2/c1-3-11-25-14-8-18(17-25)15-20-16-19(6-7-21(20)28-2)22(27)23-9-4-12-26-13-5-10-24-26/h3,5-7,10,13,16,18H,1,4,8-9,11-12,14-15,17H2,2H3,(H,23,27). The first-order valence-corrected chi connectivity index (χ1v) is 9.95. The Balaban J connectivity index is 1.55. The van der Waals surface area contributed by atoms with Gasteiger partial charge in [0.15, 0.2) is 0 Å². The van der Waals surface area contributed by atoms with E-state index in [2.05, 4.69) is 21.9 Å². The second-order valence-electron chi connectivity index (χ2n) is 7.31.